The van der Waals surface area contributed by atoms with Crippen LogP contribution >= 0.6 is 11.6 Å². The quantitative estimate of drug-likeness (QED) is 0.524. The topological polar surface area (TPSA) is 71.7 Å². The van der Waals surface area contributed by atoms with Gasteiger partial charge in [-0.3, -0.25) is 9.69 Å². The van der Waals surface area contributed by atoms with Crippen LogP contribution in [0.3, 0.4) is 0 Å². The fourth-order valence-electron chi connectivity index (χ4n) is 3.42. The van der Waals surface area contributed by atoms with E-state index in [2.05, 4.69) is 15.0 Å². The summed E-state index contributed by atoms with van der Waals surface area (Å²) in [7, 11) is 1.61. The van der Waals surface area contributed by atoms with Crippen molar-refractivity contribution in [2.24, 2.45) is 0 Å². The van der Waals surface area contributed by atoms with E-state index in [9.17, 15) is 9.18 Å². The molecule has 166 valence electrons. The molecule has 0 aliphatic carbocycles. The van der Waals surface area contributed by atoms with Gasteiger partial charge in [-0.15, -0.1) is 0 Å². The Morgan fingerprint density at radius 2 is 1.94 bits per heavy atom. The molecular formula is C23H22ClFN4O3. The normalized spacial score (nSPS) is 14.8. The molecule has 0 spiro atoms. The smallest absolute Gasteiger partial charge is 0.246 e. The number of carbonyl (C=O) groups is 1. The molecule has 7 nitrogen and oxygen atoms in total. The zero-order valence-electron chi connectivity index (χ0n) is 17.5. The summed E-state index contributed by atoms with van der Waals surface area (Å²) in [5.74, 6) is 1.17. The number of aromatic nitrogens is 2. The van der Waals surface area contributed by atoms with E-state index < -0.39 is 5.82 Å². The van der Waals surface area contributed by atoms with Crippen molar-refractivity contribution in [3.8, 4) is 17.1 Å². The number of piperazine rings is 1. The minimum Gasteiger partial charge on any atom is -0.497 e. The number of halogens is 2. The van der Waals surface area contributed by atoms with E-state index in [1.165, 1.54) is 24.3 Å². The summed E-state index contributed by atoms with van der Waals surface area (Å²) in [6.07, 6.45) is 2.78. The lowest BCUT2D eigenvalue weighted by Gasteiger charge is -2.33. The molecule has 1 aromatic heterocycles. The van der Waals surface area contributed by atoms with Crippen molar-refractivity contribution < 1.29 is 18.4 Å². The molecule has 1 saturated heterocycles. The SMILES string of the molecule is COc1ccc(-c2noc(CN3CCN(C(=O)C=Cc4c(F)cccc4Cl)CC3)n2)cc1. The van der Waals surface area contributed by atoms with Gasteiger partial charge in [-0.05, 0) is 42.5 Å². The second-order valence-electron chi connectivity index (χ2n) is 7.31. The highest BCUT2D eigenvalue weighted by Crippen LogP contribution is 2.21. The molecule has 3 aromatic rings. The number of hydrogen-bond acceptors (Lipinski definition) is 6. The molecule has 1 aliphatic rings. The number of carbonyl (C=O) groups excluding carboxylic acids is 1. The van der Waals surface area contributed by atoms with Crippen LogP contribution in [0.4, 0.5) is 4.39 Å². The van der Waals surface area contributed by atoms with Gasteiger partial charge >= 0.3 is 0 Å². The van der Waals surface area contributed by atoms with Gasteiger partial charge in [0, 0.05) is 43.4 Å². The van der Waals surface area contributed by atoms with Gasteiger partial charge in [-0.25, -0.2) is 4.39 Å². The van der Waals surface area contributed by atoms with Crippen molar-refractivity contribution in [2.75, 3.05) is 33.3 Å². The Morgan fingerprint density at radius 3 is 2.62 bits per heavy atom. The molecule has 1 fully saturated rings. The van der Waals surface area contributed by atoms with Gasteiger partial charge in [-0.1, -0.05) is 22.8 Å². The van der Waals surface area contributed by atoms with Gasteiger partial charge in [0.15, 0.2) is 0 Å². The van der Waals surface area contributed by atoms with Gasteiger partial charge in [0.25, 0.3) is 0 Å². The molecule has 4 rings (SSSR count). The van der Waals surface area contributed by atoms with Gasteiger partial charge in [0.05, 0.1) is 18.7 Å². The molecule has 9 heteroatoms. The van der Waals surface area contributed by atoms with E-state index in [-0.39, 0.29) is 16.5 Å². The zero-order valence-corrected chi connectivity index (χ0v) is 18.3. The average molecular weight is 457 g/mol. The van der Waals surface area contributed by atoms with E-state index >= 15 is 0 Å². The minimum absolute atomic E-state index is 0.177. The Kier molecular flexibility index (Phi) is 6.82. The van der Waals surface area contributed by atoms with Crippen molar-refractivity contribution >= 4 is 23.6 Å². The lowest BCUT2D eigenvalue weighted by Crippen LogP contribution is -2.47. The number of methoxy groups -OCH3 is 1. The summed E-state index contributed by atoms with van der Waals surface area (Å²) in [5, 5.41) is 4.32. The zero-order chi connectivity index (χ0) is 22.5. The van der Waals surface area contributed by atoms with Gasteiger partial charge in [-0.2, -0.15) is 4.98 Å². The van der Waals surface area contributed by atoms with Gasteiger partial charge in [0.2, 0.25) is 17.6 Å². The largest absolute Gasteiger partial charge is 0.497 e. The minimum atomic E-state index is -0.458. The van der Waals surface area contributed by atoms with Crippen molar-refractivity contribution in [3.05, 3.63) is 70.8 Å². The Hall–Kier alpha value is -3.23. The second kappa shape index (κ2) is 9.93. The molecule has 0 N–H and O–H groups in total. The third-order valence-electron chi connectivity index (χ3n) is 5.25. The maximum absolute atomic E-state index is 13.9. The third-order valence-corrected chi connectivity index (χ3v) is 5.58. The number of ether oxygens (including phenoxy) is 1. The number of benzene rings is 2. The Bertz CT molecular complexity index is 1090. The van der Waals surface area contributed by atoms with Crippen LogP contribution in [0.5, 0.6) is 5.75 Å². The third kappa shape index (κ3) is 5.15. The fraction of sp³-hybridized carbons (Fsp3) is 0.261. The highest BCUT2D eigenvalue weighted by Gasteiger charge is 2.21. The number of amides is 1. The van der Waals surface area contributed by atoms with E-state index in [0.717, 1.165) is 11.3 Å². The molecule has 2 heterocycles. The maximum Gasteiger partial charge on any atom is 0.246 e. The summed E-state index contributed by atoms with van der Waals surface area (Å²) in [5.41, 5.74) is 1.06. The number of rotatable bonds is 6. The summed E-state index contributed by atoms with van der Waals surface area (Å²) >= 11 is 6.00. The molecule has 1 aliphatic heterocycles. The summed E-state index contributed by atoms with van der Waals surface area (Å²) in [6.45, 7) is 2.94. The molecule has 0 saturated carbocycles. The lowest BCUT2D eigenvalue weighted by molar-refractivity contribution is -0.127. The van der Waals surface area contributed by atoms with Crippen LogP contribution in [0.1, 0.15) is 11.5 Å². The van der Waals surface area contributed by atoms with E-state index in [1.54, 1.807) is 18.1 Å². The Labute approximate surface area is 190 Å². The van der Waals surface area contributed by atoms with E-state index in [4.69, 9.17) is 20.9 Å². The van der Waals surface area contributed by atoms with E-state index in [1.807, 2.05) is 24.3 Å². The van der Waals surface area contributed by atoms with Gasteiger partial charge in [0.1, 0.15) is 11.6 Å². The van der Waals surface area contributed by atoms with Crippen molar-refractivity contribution in [2.45, 2.75) is 6.54 Å². The first-order valence-electron chi connectivity index (χ1n) is 10.1. The van der Waals surface area contributed by atoms with Crippen LogP contribution in [-0.2, 0) is 11.3 Å². The molecular weight excluding hydrogens is 435 g/mol. The summed E-state index contributed by atoms with van der Waals surface area (Å²) in [6, 6.07) is 11.9. The highest BCUT2D eigenvalue weighted by atomic mass is 35.5. The summed E-state index contributed by atoms with van der Waals surface area (Å²) < 4.78 is 24.4. The van der Waals surface area contributed by atoms with Crippen molar-refractivity contribution in [1.29, 1.82) is 0 Å². The second-order valence-corrected chi connectivity index (χ2v) is 7.72. The standard InChI is InChI=1S/C23H22ClFN4O3/c1-31-17-7-5-16(6-8-17)23-26-21(32-27-23)15-28-11-13-29(14-12-28)22(30)10-9-18-19(24)3-2-4-20(18)25/h2-10H,11-15H2,1H3. The fourth-order valence-corrected chi connectivity index (χ4v) is 3.65. The molecule has 1 amide bonds. The monoisotopic (exact) mass is 456 g/mol. The molecule has 32 heavy (non-hydrogen) atoms. The number of hydrogen-bond donors (Lipinski definition) is 0. The van der Waals surface area contributed by atoms with Crippen LogP contribution in [0.15, 0.2) is 53.1 Å². The molecule has 2 aromatic carbocycles. The van der Waals surface area contributed by atoms with Crippen LogP contribution in [0.25, 0.3) is 17.5 Å². The number of nitrogens with zero attached hydrogens (tertiary/aromatic N) is 4. The first kappa shape index (κ1) is 22.0. The van der Waals surface area contributed by atoms with Crippen LogP contribution in [-0.4, -0.2) is 59.1 Å². The molecule has 0 atom stereocenters. The lowest BCUT2D eigenvalue weighted by atomic mass is 10.2. The Balaban J connectivity index is 1.30. The summed E-state index contributed by atoms with van der Waals surface area (Å²) in [4.78, 5) is 20.8. The first-order chi connectivity index (χ1) is 15.5. The van der Waals surface area contributed by atoms with E-state index in [0.29, 0.717) is 44.4 Å². The van der Waals surface area contributed by atoms with Crippen molar-refractivity contribution in [3.63, 3.8) is 0 Å². The molecule has 0 radical (unpaired) electrons. The van der Waals surface area contributed by atoms with Crippen LogP contribution in [0.2, 0.25) is 5.02 Å². The Morgan fingerprint density at radius 1 is 1.19 bits per heavy atom. The first-order valence-corrected chi connectivity index (χ1v) is 10.5. The predicted molar refractivity (Wildman–Crippen MR) is 119 cm³/mol. The molecule has 0 bridgehead atoms. The predicted octanol–water partition coefficient (Wildman–Crippen LogP) is 3.90. The van der Waals surface area contributed by atoms with Crippen LogP contribution < -0.4 is 4.74 Å². The highest BCUT2D eigenvalue weighted by molar-refractivity contribution is 6.32. The molecule has 0 unspecified atom stereocenters. The van der Waals surface area contributed by atoms with Crippen molar-refractivity contribution in [1.82, 2.24) is 19.9 Å². The van der Waals surface area contributed by atoms with Crippen LogP contribution in [0, 0.1) is 5.82 Å². The average Bonchev–Trinajstić information content (AvgIpc) is 3.27. The van der Waals surface area contributed by atoms with Gasteiger partial charge < -0.3 is 14.2 Å². The maximum atomic E-state index is 13.9.